The summed E-state index contributed by atoms with van der Waals surface area (Å²) in [6, 6.07) is 7.89. The number of ether oxygens (including phenoxy) is 1. The zero-order chi connectivity index (χ0) is 17.1. The number of amides is 1. The van der Waals surface area contributed by atoms with Crippen LogP contribution < -0.4 is 15.4 Å². The van der Waals surface area contributed by atoms with E-state index in [4.69, 9.17) is 4.74 Å². The third-order valence-electron chi connectivity index (χ3n) is 4.40. The van der Waals surface area contributed by atoms with Gasteiger partial charge in [-0.25, -0.2) is 4.98 Å². The van der Waals surface area contributed by atoms with E-state index in [9.17, 15) is 4.79 Å². The highest BCUT2D eigenvalue weighted by Crippen LogP contribution is 2.32. The van der Waals surface area contributed by atoms with Crippen LogP contribution in [-0.4, -0.2) is 30.6 Å². The molecule has 1 aromatic heterocycles. The fraction of sp³-hybridized carbons (Fsp3) is 0.444. The minimum Gasteiger partial charge on any atom is -0.494 e. The first kappa shape index (κ1) is 16.9. The van der Waals surface area contributed by atoms with Crippen molar-refractivity contribution < 1.29 is 9.53 Å². The first-order valence-corrected chi connectivity index (χ1v) is 9.12. The highest BCUT2D eigenvalue weighted by atomic mass is 32.1. The Bertz CT molecular complexity index is 708. The number of nitrogens with one attached hydrogen (secondary N) is 2. The van der Waals surface area contributed by atoms with Crippen molar-refractivity contribution in [2.45, 2.75) is 20.8 Å². The Morgan fingerprint density at radius 1 is 1.42 bits per heavy atom. The van der Waals surface area contributed by atoms with E-state index in [1.54, 1.807) is 0 Å². The van der Waals surface area contributed by atoms with Crippen LogP contribution in [0.15, 0.2) is 24.3 Å². The quantitative estimate of drug-likeness (QED) is 0.843. The van der Waals surface area contributed by atoms with Crippen molar-refractivity contribution in [3.8, 4) is 17.0 Å². The number of aryl methyl sites for hydroxylation is 1. The zero-order valence-electron chi connectivity index (χ0n) is 14.3. The van der Waals surface area contributed by atoms with Crippen LogP contribution in [-0.2, 0) is 4.79 Å². The van der Waals surface area contributed by atoms with E-state index < -0.39 is 0 Å². The molecule has 3 rings (SSSR count). The summed E-state index contributed by atoms with van der Waals surface area (Å²) in [5.74, 6) is 1.33. The van der Waals surface area contributed by atoms with Crippen molar-refractivity contribution in [2.75, 3.05) is 25.0 Å². The van der Waals surface area contributed by atoms with Gasteiger partial charge >= 0.3 is 0 Å². The van der Waals surface area contributed by atoms with E-state index in [0.29, 0.717) is 17.7 Å². The highest BCUT2D eigenvalue weighted by molar-refractivity contribution is 7.16. The molecule has 1 aliphatic heterocycles. The molecule has 1 atom stereocenters. The van der Waals surface area contributed by atoms with Crippen LogP contribution in [0.3, 0.4) is 0 Å². The predicted molar refractivity (Wildman–Crippen MR) is 97.6 cm³/mol. The summed E-state index contributed by atoms with van der Waals surface area (Å²) in [5.41, 5.74) is 1.94. The van der Waals surface area contributed by atoms with Gasteiger partial charge in [-0.2, -0.15) is 0 Å². The molecule has 0 saturated carbocycles. The van der Waals surface area contributed by atoms with E-state index in [-0.39, 0.29) is 11.8 Å². The van der Waals surface area contributed by atoms with Crippen molar-refractivity contribution in [1.29, 1.82) is 0 Å². The summed E-state index contributed by atoms with van der Waals surface area (Å²) in [4.78, 5) is 18.0. The number of thiazole rings is 1. The molecule has 1 unspecified atom stereocenters. The third kappa shape index (κ3) is 3.60. The molecule has 2 N–H and O–H groups in total. The van der Waals surface area contributed by atoms with E-state index in [1.807, 2.05) is 45.0 Å². The van der Waals surface area contributed by atoms with E-state index in [2.05, 4.69) is 15.6 Å². The van der Waals surface area contributed by atoms with Gasteiger partial charge in [0.1, 0.15) is 5.75 Å². The molecule has 1 saturated heterocycles. The van der Waals surface area contributed by atoms with E-state index in [1.165, 1.54) is 11.3 Å². The Labute approximate surface area is 146 Å². The van der Waals surface area contributed by atoms with Crippen LogP contribution in [0.4, 0.5) is 5.13 Å². The number of hydrogen-bond donors (Lipinski definition) is 2. The molecular formula is C18H23N3O2S. The molecule has 1 amide bonds. The summed E-state index contributed by atoms with van der Waals surface area (Å²) in [6.45, 7) is 8.47. The van der Waals surface area contributed by atoms with Gasteiger partial charge in [-0.3, -0.25) is 4.79 Å². The van der Waals surface area contributed by atoms with Gasteiger partial charge in [0.05, 0.1) is 12.3 Å². The Kier molecular flexibility index (Phi) is 5.16. The Morgan fingerprint density at radius 3 is 2.71 bits per heavy atom. The lowest BCUT2D eigenvalue weighted by Crippen LogP contribution is -2.48. The summed E-state index contributed by atoms with van der Waals surface area (Å²) < 4.78 is 5.47. The molecule has 6 heteroatoms. The largest absolute Gasteiger partial charge is 0.494 e. The number of aromatic nitrogens is 1. The SMILES string of the molecule is CCOc1ccc(-c2nc(NC(=O)C(C)C3CNC3)sc2C)cc1. The number of carbonyl (C=O) groups excluding carboxylic acids is 1. The number of carbonyl (C=O) groups is 1. The van der Waals surface area contributed by atoms with Crippen LogP contribution in [0.1, 0.15) is 18.7 Å². The Hall–Kier alpha value is -1.92. The molecule has 0 spiro atoms. The number of nitrogens with zero attached hydrogens (tertiary/aromatic N) is 1. The van der Waals surface area contributed by atoms with Gasteiger partial charge in [0, 0.05) is 16.4 Å². The Balaban J connectivity index is 1.71. The number of benzene rings is 1. The summed E-state index contributed by atoms with van der Waals surface area (Å²) >= 11 is 1.52. The highest BCUT2D eigenvalue weighted by Gasteiger charge is 2.29. The summed E-state index contributed by atoms with van der Waals surface area (Å²) in [6.07, 6.45) is 0. The van der Waals surface area contributed by atoms with Crippen molar-refractivity contribution in [3.05, 3.63) is 29.1 Å². The monoisotopic (exact) mass is 345 g/mol. The lowest BCUT2D eigenvalue weighted by Gasteiger charge is -2.31. The molecule has 0 radical (unpaired) electrons. The molecule has 24 heavy (non-hydrogen) atoms. The molecule has 128 valence electrons. The van der Waals surface area contributed by atoms with E-state index >= 15 is 0 Å². The molecule has 0 bridgehead atoms. The summed E-state index contributed by atoms with van der Waals surface area (Å²) in [7, 11) is 0. The number of rotatable bonds is 6. The molecular weight excluding hydrogens is 322 g/mol. The second-order valence-electron chi connectivity index (χ2n) is 6.08. The van der Waals surface area contributed by atoms with Gasteiger partial charge < -0.3 is 15.4 Å². The third-order valence-corrected chi connectivity index (χ3v) is 5.29. The van der Waals surface area contributed by atoms with Crippen LogP contribution in [0.25, 0.3) is 11.3 Å². The van der Waals surface area contributed by atoms with Crippen molar-refractivity contribution in [2.24, 2.45) is 11.8 Å². The minimum absolute atomic E-state index is 0.00406. The van der Waals surface area contributed by atoms with Gasteiger partial charge in [0.25, 0.3) is 0 Å². The van der Waals surface area contributed by atoms with Gasteiger partial charge in [-0.05, 0) is 57.1 Å². The standard InChI is InChI=1S/C18H23N3O2S/c1-4-23-15-7-5-13(6-8-15)16-12(3)24-18(20-16)21-17(22)11(2)14-9-19-10-14/h5-8,11,14,19H,4,9-10H2,1-3H3,(H,20,21,22). The molecule has 1 aliphatic rings. The first-order chi connectivity index (χ1) is 11.6. The van der Waals surface area contributed by atoms with Crippen LogP contribution in [0.5, 0.6) is 5.75 Å². The van der Waals surface area contributed by atoms with Crippen LogP contribution >= 0.6 is 11.3 Å². The normalized spacial score (nSPS) is 15.6. The second kappa shape index (κ2) is 7.32. The fourth-order valence-electron chi connectivity index (χ4n) is 2.69. The number of hydrogen-bond acceptors (Lipinski definition) is 5. The van der Waals surface area contributed by atoms with Crippen molar-refractivity contribution in [1.82, 2.24) is 10.3 Å². The smallest absolute Gasteiger partial charge is 0.229 e. The lowest BCUT2D eigenvalue weighted by molar-refractivity contribution is -0.121. The molecule has 0 aliphatic carbocycles. The maximum atomic E-state index is 12.3. The van der Waals surface area contributed by atoms with Crippen LogP contribution in [0, 0.1) is 18.8 Å². The summed E-state index contributed by atoms with van der Waals surface area (Å²) in [5, 5.41) is 6.84. The molecule has 1 fully saturated rings. The fourth-order valence-corrected chi connectivity index (χ4v) is 3.53. The first-order valence-electron chi connectivity index (χ1n) is 8.30. The predicted octanol–water partition coefficient (Wildman–Crippen LogP) is 3.31. The minimum atomic E-state index is 0.00406. The van der Waals surface area contributed by atoms with Gasteiger partial charge in [-0.15, -0.1) is 11.3 Å². The average molecular weight is 345 g/mol. The number of anilines is 1. The topological polar surface area (TPSA) is 63.2 Å². The lowest BCUT2D eigenvalue weighted by atomic mass is 9.88. The van der Waals surface area contributed by atoms with Crippen molar-refractivity contribution >= 4 is 22.4 Å². The maximum Gasteiger partial charge on any atom is 0.229 e. The van der Waals surface area contributed by atoms with Crippen LogP contribution in [0.2, 0.25) is 0 Å². The second-order valence-corrected chi connectivity index (χ2v) is 7.28. The average Bonchev–Trinajstić information content (AvgIpc) is 2.87. The van der Waals surface area contributed by atoms with E-state index in [0.717, 1.165) is 35.0 Å². The molecule has 2 aromatic rings. The van der Waals surface area contributed by atoms with Gasteiger partial charge in [0.15, 0.2) is 5.13 Å². The Morgan fingerprint density at radius 2 is 2.12 bits per heavy atom. The van der Waals surface area contributed by atoms with Crippen molar-refractivity contribution in [3.63, 3.8) is 0 Å². The maximum absolute atomic E-state index is 12.3. The molecule has 1 aromatic carbocycles. The molecule has 2 heterocycles. The zero-order valence-corrected chi connectivity index (χ0v) is 15.1. The molecule has 5 nitrogen and oxygen atoms in total. The van der Waals surface area contributed by atoms with Gasteiger partial charge in [0.2, 0.25) is 5.91 Å². The van der Waals surface area contributed by atoms with Gasteiger partial charge in [-0.1, -0.05) is 6.92 Å².